The van der Waals surface area contributed by atoms with Gasteiger partial charge in [-0.3, -0.25) is 0 Å². The molecule has 0 aliphatic carbocycles. The standard InChI is InChI=1S/C17H19N.ClH/c1-3-8-14(9-4-1)17(16-12-7-13-18-16)15-10-5-2-6-11-15;/h1-6,8-11,16-18H,7,12-13H2;1H/t16-;/m0./s1. The van der Waals surface area contributed by atoms with Gasteiger partial charge in [-0.05, 0) is 30.5 Å². The third-order valence-corrected chi connectivity index (χ3v) is 3.82. The van der Waals surface area contributed by atoms with Gasteiger partial charge >= 0.3 is 0 Å². The summed E-state index contributed by atoms with van der Waals surface area (Å²) >= 11 is 0. The molecule has 2 heteroatoms. The van der Waals surface area contributed by atoms with Gasteiger partial charge in [0.15, 0.2) is 0 Å². The Morgan fingerprint density at radius 2 is 1.37 bits per heavy atom. The molecule has 0 saturated carbocycles. The van der Waals surface area contributed by atoms with E-state index in [9.17, 15) is 0 Å². The van der Waals surface area contributed by atoms with Crippen LogP contribution in [0.2, 0.25) is 0 Å². The van der Waals surface area contributed by atoms with Crippen LogP contribution >= 0.6 is 12.4 Å². The molecule has 0 amide bonds. The van der Waals surface area contributed by atoms with Crippen molar-refractivity contribution in [2.24, 2.45) is 0 Å². The summed E-state index contributed by atoms with van der Waals surface area (Å²) in [5.41, 5.74) is 2.84. The van der Waals surface area contributed by atoms with Crippen molar-refractivity contribution < 1.29 is 0 Å². The summed E-state index contributed by atoms with van der Waals surface area (Å²) in [6.07, 6.45) is 2.56. The maximum absolute atomic E-state index is 3.65. The molecule has 100 valence electrons. The molecule has 1 aliphatic rings. The van der Waals surface area contributed by atoms with Gasteiger partial charge < -0.3 is 5.32 Å². The molecule has 0 radical (unpaired) electrons. The van der Waals surface area contributed by atoms with Gasteiger partial charge in [-0.25, -0.2) is 0 Å². The molecular weight excluding hydrogens is 254 g/mol. The minimum absolute atomic E-state index is 0. The van der Waals surface area contributed by atoms with E-state index in [0.717, 1.165) is 6.54 Å². The number of nitrogens with one attached hydrogen (secondary N) is 1. The Morgan fingerprint density at radius 1 is 0.842 bits per heavy atom. The fourth-order valence-electron chi connectivity index (χ4n) is 2.97. The van der Waals surface area contributed by atoms with E-state index in [4.69, 9.17) is 0 Å². The normalized spacial score (nSPS) is 18.3. The van der Waals surface area contributed by atoms with E-state index in [1.165, 1.54) is 24.0 Å². The minimum Gasteiger partial charge on any atom is -0.313 e. The smallest absolute Gasteiger partial charge is 0.0243 e. The number of hydrogen-bond donors (Lipinski definition) is 1. The van der Waals surface area contributed by atoms with Gasteiger partial charge in [-0.2, -0.15) is 0 Å². The molecule has 1 saturated heterocycles. The second kappa shape index (κ2) is 6.74. The Kier molecular flexibility index (Phi) is 5.00. The number of benzene rings is 2. The largest absolute Gasteiger partial charge is 0.313 e. The monoisotopic (exact) mass is 273 g/mol. The van der Waals surface area contributed by atoms with Crippen LogP contribution in [0.15, 0.2) is 60.7 Å². The first-order valence-electron chi connectivity index (χ1n) is 6.78. The van der Waals surface area contributed by atoms with Crippen LogP contribution in [-0.4, -0.2) is 12.6 Å². The minimum atomic E-state index is 0. The molecule has 1 nitrogen and oxygen atoms in total. The zero-order valence-electron chi connectivity index (χ0n) is 11.0. The lowest BCUT2D eigenvalue weighted by Crippen LogP contribution is -2.29. The summed E-state index contributed by atoms with van der Waals surface area (Å²) < 4.78 is 0. The molecule has 19 heavy (non-hydrogen) atoms. The molecular formula is C17H20ClN. The third-order valence-electron chi connectivity index (χ3n) is 3.82. The van der Waals surface area contributed by atoms with E-state index >= 15 is 0 Å². The Balaban J connectivity index is 0.00000133. The quantitative estimate of drug-likeness (QED) is 0.892. The summed E-state index contributed by atoms with van der Waals surface area (Å²) in [4.78, 5) is 0. The molecule has 1 heterocycles. The first-order chi connectivity index (χ1) is 8.95. The highest BCUT2D eigenvalue weighted by molar-refractivity contribution is 5.85. The zero-order valence-corrected chi connectivity index (χ0v) is 11.8. The van der Waals surface area contributed by atoms with Crippen molar-refractivity contribution in [1.82, 2.24) is 5.32 Å². The lowest BCUT2D eigenvalue weighted by molar-refractivity contribution is 0.540. The van der Waals surface area contributed by atoms with Crippen LogP contribution in [0.3, 0.4) is 0 Å². The summed E-state index contributed by atoms with van der Waals surface area (Å²) in [5, 5.41) is 3.65. The van der Waals surface area contributed by atoms with Gasteiger partial charge in [0.2, 0.25) is 0 Å². The topological polar surface area (TPSA) is 12.0 Å². The molecule has 0 spiro atoms. The lowest BCUT2D eigenvalue weighted by Gasteiger charge is -2.25. The van der Waals surface area contributed by atoms with Crippen molar-refractivity contribution in [1.29, 1.82) is 0 Å². The number of hydrogen-bond acceptors (Lipinski definition) is 1. The second-order valence-electron chi connectivity index (χ2n) is 5.00. The maximum Gasteiger partial charge on any atom is 0.0243 e. The average Bonchev–Trinajstić information content (AvgIpc) is 2.95. The van der Waals surface area contributed by atoms with Crippen LogP contribution < -0.4 is 5.32 Å². The second-order valence-corrected chi connectivity index (χ2v) is 5.00. The molecule has 1 aliphatic heterocycles. The van der Waals surface area contributed by atoms with E-state index in [-0.39, 0.29) is 12.4 Å². The summed E-state index contributed by atoms with van der Waals surface area (Å²) in [7, 11) is 0. The van der Waals surface area contributed by atoms with Crippen LogP contribution in [0, 0.1) is 0 Å². The molecule has 0 aromatic heterocycles. The molecule has 1 atom stereocenters. The Hall–Kier alpha value is -1.31. The molecule has 0 bridgehead atoms. The first kappa shape index (κ1) is 14.1. The van der Waals surface area contributed by atoms with E-state index in [2.05, 4.69) is 66.0 Å². The Labute approximate surface area is 121 Å². The molecule has 1 N–H and O–H groups in total. The third kappa shape index (κ3) is 3.17. The fourth-order valence-corrected chi connectivity index (χ4v) is 2.97. The van der Waals surface area contributed by atoms with Crippen LogP contribution in [0.1, 0.15) is 29.9 Å². The molecule has 0 unspecified atom stereocenters. The Morgan fingerprint density at radius 3 is 1.79 bits per heavy atom. The number of halogens is 1. The fraction of sp³-hybridized carbons (Fsp3) is 0.294. The van der Waals surface area contributed by atoms with Crippen LogP contribution in [0.25, 0.3) is 0 Å². The van der Waals surface area contributed by atoms with Crippen molar-refractivity contribution in [2.75, 3.05) is 6.54 Å². The van der Waals surface area contributed by atoms with Crippen molar-refractivity contribution in [3.63, 3.8) is 0 Å². The van der Waals surface area contributed by atoms with Gasteiger partial charge in [-0.1, -0.05) is 60.7 Å². The average molecular weight is 274 g/mol. The highest BCUT2D eigenvalue weighted by Gasteiger charge is 2.26. The summed E-state index contributed by atoms with van der Waals surface area (Å²) in [6, 6.07) is 22.3. The van der Waals surface area contributed by atoms with E-state index in [1.54, 1.807) is 0 Å². The van der Waals surface area contributed by atoms with Crippen LogP contribution in [-0.2, 0) is 0 Å². The SMILES string of the molecule is Cl.c1ccc(C(c2ccccc2)[C@@H]2CCCN2)cc1. The van der Waals surface area contributed by atoms with Gasteiger partial charge in [0.1, 0.15) is 0 Å². The van der Waals surface area contributed by atoms with Crippen LogP contribution in [0.4, 0.5) is 0 Å². The molecule has 3 rings (SSSR count). The highest BCUT2D eigenvalue weighted by atomic mass is 35.5. The van der Waals surface area contributed by atoms with Gasteiger partial charge in [0, 0.05) is 12.0 Å². The van der Waals surface area contributed by atoms with E-state index in [1.807, 2.05) is 0 Å². The highest BCUT2D eigenvalue weighted by Crippen LogP contribution is 2.31. The predicted octanol–water partition coefficient (Wildman–Crippen LogP) is 3.99. The van der Waals surface area contributed by atoms with Crippen LogP contribution in [0.5, 0.6) is 0 Å². The van der Waals surface area contributed by atoms with Gasteiger partial charge in [0.25, 0.3) is 0 Å². The Bertz CT molecular complexity index is 438. The van der Waals surface area contributed by atoms with Crippen molar-refractivity contribution in [2.45, 2.75) is 24.8 Å². The van der Waals surface area contributed by atoms with Gasteiger partial charge in [0.05, 0.1) is 0 Å². The maximum atomic E-state index is 3.65. The zero-order chi connectivity index (χ0) is 12.2. The van der Waals surface area contributed by atoms with E-state index in [0.29, 0.717) is 12.0 Å². The lowest BCUT2D eigenvalue weighted by atomic mass is 9.84. The number of rotatable bonds is 3. The molecule has 2 aromatic carbocycles. The van der Waals surface area contributed by atoms with Crippen molar-refractivity contribution >= 4 is 12.4 Å². The summed E-state index contributed by atoms with van der Waals surface area (Å²) in [5.74, 6) is 0.481. The van der Waals surface area contributed by atoms with E-state index < -0.39 is 0 Å². The molecule has 1 fully saturated rings. The van der Waals surface area contributed by atoms with Crippen molar-refractivity contribution in [3.8, 4) is 0 Å². The van der Waals surface area contributed by atoms with Gasteiger partial charge in [-0.15, -0.1) is 12.4 Å². The van der Waals surface area contributed by atoms with Crippen molar-refractivity contribution in [3.05, 3.63) is 71.8 Å². The predicted molar refractivity (Wildman–Crippen MR) is 83.0 cm³/mol. The molecule has 2 aromatic rings. The summed E-state index contributed by atoms with van der Waals surface area (Å²) in [6.45, 7) is 1.15. The first-order valence-corrected chi connectivity index (χ1v) is 6.78.